The smallest absolute Gasteiger partial charge is 0.150 e. The molecule has 0 radical (unpaired) electrons. The van der Waals surface area contributed by atoms with E-state index in [2.05, 4.69) is 48.5 Å². The van der Waals surface area contributed by atoms with Gasteiger partial charge in [0.25, 0.3) is 0 Å². The standard InChI is InChI=1S/C81H64F4N4O8/c1-90-57-21-9-49(10-22-57)86(77-37-29-61(94-5)45-73(77)82)53-17-33-65-66-34-18-54(87(50-11-23-58(91-2)24-12-50)78-38-30-62(95-6)46-74(78)83)42-70(66)81(69(65)41-53)71-43-55(88(51-13-25-59(92-3)26-14-51)79-39-31-63(96-7)47-75(79)84)19-35-67(71)68-36-20-56(44-72(68)81)89(52-15-27-60(93-4)28-16-52)80-40-32-64(97-8)48-76(80)85/h9-48H,1-8H3. The summed E-state index contributed by atoms with van der Waals surface area (Å²) in [5.41, 5.74) is 10.5. The zero-order valence-electron chi connectivity index (χ0n) is 54.2. The molecule has 12 nitrogen and oxygen atoms in total. The van der Waals surface area contributed by atoms with Gasteiger partial charge in [0.15, 0.2) is 23.3 Å². The molecule has 0 heterocycles. The lowest BCUT2D eigenvalue weighted by Crippen LogP contribution is -2.27. The van der Waals surface area contributed by atoms with Crippen LogP contribution in [0.2, 0.25) is 0 Å². The van der Waals surface area contributed by atoms with Crippen LogP contribution in [-0.4, -0.2) is 56.9 Å². The first kappa shape index (κ1) is 62.4. The van der Waals surface area contributed by atoms with E-state index in [9.17, 15) is 0 Å². The third-order valence-electron chi connectivity index (χ3n) is 18.1. The van der Waals surface area contributed by atoms with Gasteiger partial charge in [-0.1, -0.05) is 24.3 Å². The van der Waals surface area contributed by atoms with Crippen LogP contribution in [0.1, 0.15) is 22.3 Å². The Labute approximate surface area is 559 Å². The van der Waals surface area contributed by atoms with Crippen molar-refractivity contribution in [2.75, 3.05) is 76.5 Å². The summed E-state index contributed by atoms with van der Waals surface area (Å²) < 4.78 is 114. The number of methoxy groups -OCH3 is 8. The van der Waals surface area contributed by atoms with Crippen molar-refractivity contribution in [3.8, 4) is 68.2 Å². The Balaban J connectivity index is 1.12. The summed E-state index contributed by atoms with van der Waals surface area (Å²) in [6, 6.07) is 73.1. The molecule has 0 amide bonds. The number of hydrogen-bond acceptors (Lipinski definition) is 12. The van der Waals surface area contributed by atoms with Crippen molar-refractivity contribution in [2.45, 2.75) is 5.41 Å². The van der Waals surface area contributed by atoms with Crippen molar-refractivity contribution in [1.29, 1.82) is 0 Å². The summed E-state index contributed by atoms with van der Waals surface area (Å²) in [6.45, 7) is 0. The Morgan fingerprint density at radius 2 is 0.381 bits per heavy atom. The minimum Gasteiger partial charge on any atom is -0.497 e. The highest BCUT2D eigenvalue weighted by molar-refractivity contribution is 6.00. The summed E-state index contributed by atoms with van der Waals surface area (Å²) in [4.78, 5) is 7.42. The largest absolute Gasteiger partial charge is 0.497 e. The van der Waals surface area contributed by atoms with Gasteiger partial charge in [-0.2, -0.15) is 0 Å². The van der Waals surface area contributed by atoms with Gasteiger partial charge in [0.2, 0.25) is 0 Å². The van der Waals surface area contributed by atoms with Crippen LogP contribution in [-0.2, 0) is 5.41 Å². The number of nitrogens with zero attached hydrogens (tertiary/aromatic N) is 4. The lowest BCUT2D eigenvalue weighted by atomic mass is 9.70. The summed E-state index contributed by atoms with van der Waals surface area (Å²) >= 11 is 0. The zero-order valence-corrected chi connectivity index (χ0v) is 54.2. The van der Waals surface area contributed by atoms with Crippen molar-refractivity contribution < 1.29 is 55.5 Å². The molecule has 0 saturated carbocycles. The Bertz CT molecular complexity index is 4340. The maximum absolute atomic E-state index is 17.2. The number of ether oxygens (including phenoxy) is 8. The molecule has 484 valence electrons. The van der Waals surface area contributed by atoms with Crippen molar-refractivity contribution in [2.24, 2.45) is 0 Å². The summed E-state index contributed by atoms with van der Waals surface area (Å²) in [5.74, 6) is 1.49. The van der Waals surface area contributed by atoms with Crippen LogP contribution in [0.5, 0.6) is 46.0 Å². The van der Waals surface area contributed by atoms with Gasteiger partial charge in [0, 0.05) is 69.8 Å². The highest BCUT2D eigenvalue weighted by Crippen LogP contribution is 2.66. The maximum atomic E-state index is 17.2. The molecule has 16 heteroatoms. The quantitative estimate of drug-likeness (QED) is 0.0681. The normalized spacial score (nSPS) is 12.0. The van der Waals surface area contributed by atoms with E-state index in [1.54, 1.807) is 77.0 Å². The minimum atomic E-state index is -1.41. The molecule has 14 rings (SSSR count). The molecule has 0 fully saturated rings. The summed E-state index contributed by atoms with van der Waals surface area (Å²) in [7, 11) is 12.3. The van der Waals surface area contributed by atoms with Crippen LogP contribution in [0, 0.1) is 23.3 Å². The lowest BCUT2D eigenvalue weighted by Gasteiger charge is -2.35. The molecule has 0 N–H and O–H groups in total. The van der Waals surface area contributed by atoms with E-state index in [1.807, 2.05) is 141 Å². The molecular formula is C81H64F4N4O8. The summed E-state index contributed by atoms with van der Waals surface area (Å²) in [6.07, 6.45) is 0. The highest BCUT2D eigenvalue weighted by atomic mass is 19.1. The van der Waals surface area contributed by atoms with Crippen LogP contribution in [0.25, 0.3) is 22.3 Å². The highest BCUT2D eigenvalue weighted by Gasteiger charge is 2.53. The van der Waals surface area contributed by atoms with E-state index in [0.29, 0.717) is 91.5 Å². The second-order valence-electron chi connectivity index (χ2n) is 23.1. The second kappa shape index (κ2) is 25.7. The number of rotatable bonds is 20. The van der Waals surface area contributed by atoms with E-state index in [4.69, 9.17) is 37.9 Å². The zero-order chi connectivity index (χ0) is 67.2. The summed E-state index contributed by atoms with van der Waals surface area (Å²) in [5, 5.41) is 0. The van der Waals surface area contributed by atoms with Crippen molar-refractivity contribution >= 4 is 68.2 Å². The lowest BCUT2D eigenvalue weighted by molar-refractivity contribution is 0.411. The van der Waals surface area contributed by atoms with Crippen LogP contribution in [0.4, 0.5) is 85.8 Å². The van der Waals surface area contributed by atoms with E-state index in [0.717, 1.165) is 44.5 Å². The topological polar surface area (TPSA) is 86.8 Å². The first-order chi connectivity index (χ1) is 47.3. The average Bonchev–Trinajstić information content (AvgIpc) is 1.50. The first-order valence-electron chi connectivity index (χ1n) is 31.0. The number of hydrogen-bond donors (Lipinski definition) is 0. The maximum Gasteiger partial charge on any atom is 0.150 e. The molecule has 2 aliphatic carbocycles. The number of fused-ring (bicyclic) bond motifs is 10. The molecule has 0 aromatic heterocycles. The predicted molar refractivity (Wildman–Crippen MR) is 374 cm³/mol. The third-order valence-corrected chi connectivity index (χ3v) is 18.1. The number of anilines is 12. The predicted octanol–water partition coefficient (Wildman–Crippen LogP) is 20.5. The fraction of sp³-hybridized carbons (Fsp3) is 0.111. The van der Waals surface area contributed by atoms with E-state index in [1.165, 1.54) is 52.7 Å². The van der Waals surface area contributed by atoms with Crippen molar-refractivity contribution in [1.82, 2.24) is 0 Å². The van der Waals surface area contributed by atoms with Crippen LogP contribution in [0.15, 0.2) is 243 Å². The molecule has 12 aromatic carbocycles. The molecule has 0 saturated heterocycles. The Hall–Kier alpha value is -12.0. The van der Waals surface area contributed by atoms with Gasteiger partial charge in [0.05, 0.1) is 85.0 Å². The molecular weight excluding hydrogens is 1230 g/mol. The molecule has 1 spiro atoms. The fourth-order valence-corrected chi connectivity index (χ4v) is 13.6. The number of halogens is 4. The average molecular weight is 1300 g/mol. The van der Waals surface area contributed by atoms with Gasteiger partial charge in [-0.25, -0.2) is 17.6 Å². The van der Waals surface area contributed by atoms with E-state index in [-0.39, 0.29) is 22.7 Å². The third kappa shape index (κ3) is 10.9. The molecule has 0 bridgehead atoms. The van der Waals surface area contributed by atoms with Gasteiger partial charge >= 0.3 is 0 Å². The van der Waals surface area contributed by atoms with Gasteiger partial charge < -0.3 is 57.5 Å². The Kier molecular flexibility index (Phi) is 16.5. The van der Waals surface area contributed by atoms with Gasteiger partial charge in [-0.15, -0.1) is 0 Å². The van der Waals surface area contributed by atoms with Crippen molar-refractivity contribution in [3.63, 3.8) is 0 Å². The second-order valence-corrected chi connectivity index (χ2v) is 23.1. The molecule has 0 aliphatic heterocycles. The van der Waals surface area contributed by atoms with Crippen LogP contribution >= 0.6 is 0 Å². The van der Waals surface area contributed by atoms with Gasteiger partial charge in [-0.3, -0.25) is 0 Å². The van der Waals surface area contributed by atoms with E-state index >= 15 is 17.6 Å². The first-order valence-corrected chi connectivity index (χ1v) is 31.0. The minimum absolute atomic E-state index is 0.222. The van der Waals surface area contributed by atoms with Gasteiger partial charge in [0.1, 0.15) is 46.0 Å². The molecule has 0 atom stereocenters. The van der Waals surface area contributed by atoms with Crippen LogP contribution < -0.4 is 57.5 Å². The van der Waals surface area contributed by atoms with E-state index < -0.39 is 28.7 Å². The molecule has 12 aromatic rings. The monoisotopic (exact) mass is 1300 g/mol. The number of benzene rings is 12. The molecule has 0 unspecified atom stereocenters. The van der Waals surface area contributed by atoms with Crippen LogP contribution in [0.3, 0.4) is 0 Å². The fourth-order valence-electron chi connectivity index (χ4n) is 13.6. The Morgan fingerprint density at radius 3 is 0.557 bits per heavy atom. The van der Waals surface area contributed by atoms with Crippen molar-refractivity contribution in [3.05, 3.63) is 288 Å². The molecule has 2 aliphatic rings. The SMILES string of the molecule is COc1ccc(N(c2ccc3c(c2)C2(c4cc(N(c5ccc(OC)cc5)c5ccc(OC)cc5F)ccc4-3)c3cc(N(c4ccc(OC)cc4)c4ccc(OC)cc4F)ccc3-c3ccc(N(c4ccc(OC)cc4)c4ccc(OC)cc4F)cc32)c2ccc(OC)cc2F)cc1. The molecule has 97 heavy (non-hydrogen) atoms. The Morgan fingerprint density at radius 1 is 0.206 bits per heavy atom. The van der Waals surface area contributed by atoms with Gasteiger partial charge in [-0.05, 0) is 239 Å².